The molecule has 3 atom stereocenters. The van der Waals surface area contributed by atoms with E-state index in [1.165, 1.54) is 17.0 Å². The molecule has 0 saturated heterocycles. The molecule has 0 aliphatic heterocycles. The number of ether oxygens (including phenoxy) is 2. The number of nitrogens with zero attached hydrogens (tertiary/aromatic N) is 1. The van der Waals surface area contributed by atoms with Gasteiger partial charge in [-0.3, -0.25) is 9.59 Å². The molecule has 3 N–H and O–H groups in total. The van der Waals surface area contributed by atoms with Crippen LogP contribution >= 0.6 is 0 Å². The van der Waals surface area contributed by atoms with Crippen LogP contribution in [-0.2, 0) is 30.3 Å². The van der Waals surface area contributed by atoms with Gasteiger partial charge in [0.05, 0.1) is 0 Å². The van der Waals surface area contributed by atoms with Crippen molar-refractivity contribution >= 4 is 23.9 Å². The SMILES string of the molecule is CCCN(C(=O)C(CC(C)C)NC(=O)OC(C)(C)C)C(C(=O)NC(Cc1ccccc1)C(=O)OC(C)(C)C)c1cccc(O)c1. The van der Waals surface area contributed by atoms with Crippen molar-refractivity contribution in [3.8, 4) is 5.75 Å². The van der Waals surface area contributed by atoms with Gasteiger partial charge in [0.2, 0.25) is 11.8 Å². The van der Waals surface area contributed by atoms with Gasteiger partial charge in [0.1, 0.15) is 35.1 Å². The van der Waals surface area contributed by atoms with Crippen molar-refractivity contribution in [2.24, 2.45) is 5.92 Å². The number of alkyl carbamates (subject to hydrolysis) is 1. The third kappa shape index (κ3) is 12.8. The lowest BCUT2D eigenvalue weighted by atomic mass is 9.98. The molecule has 0 bridgehead atoms. The average molecular weight is 626 g/mol. The molecule has 3 amide bonds. The summed E-state index contributed by atoms with van der Waals surface area (Å²) in [5.74, 6) is -1.81. The third-order valence-electron chi connectivity index (χ3n) is 6.48. The molecule has 0 aromatic heterocycles. The highest BCUT2D eigenvalue weighted by Gasteiger charge is 2.38. The first-order valence-corrected chi connectivity index (χ1v) is 15.6. The molecule has 10 heteroatoms. The number of hydrogen-bond acceptors (Lipinski definition) is 7. The maximum absolute atomic E-state index is 14.3. The third-order valence-corrected chi connectivity index (χ3v) is 6.48. The first-order chi connectivity index (χ1) is 20.9. The van der Waals surface area contributed by atoms with E-state index in [1.54, 1.807) is 53.7 Å². The van der Waals surface area contributed by atoms with Crippen LogP contribution in [0.25, 0.3) is 0 Å². The highest BCUT2D eigenvalue weighted by Crippen LogP contribution is 2.27. The number of carbonyl (C=O) groups excluding carboxylic acids is 4. The van der Waals surface area contributed by atoms with Crippen LogP contribution in [0.5, 0.6) is 5.75 Å². The Morgan fingerprint density at radius 2 is 1.47 bits per heavy atom. The Labute approximate surface area is 267 Å². The zero-order valence-corrected chi connectivity index (χ0v) is 28.2. The Hall–Kier alpha value is -4.08. The Balaban J connectivity index is 2.57. The Bertz CT molecular complexity index is 1280. The number of benzene rings is 2. The predicted octanol–water partition coefficient (Wildman–Crippen LogP) is 5.68. The summed E-state index contributed by atoms with van der Waals surface area (Å²) in [7, 11) is 0. The summed E-state index contributed by atoms with van der Waals surface area (Å²) in [6, 6.07) is 12.0. The molecule has 0 aliphatic carbocycles. The van der Waals surface area contributed by atoms with Crippen molar-refractivity contribution in [2.45, 2.75) is 111 Å². The van der Waals surface area contributed by atoms with E-state index in [0.29, 0.717) is 18.4 Å². The highest BCUT2D eigenvalue weighted by atomic mass is 16.6. The summed E-state index contributed by atoms with van der Waals surface area (Å²) in [6.07, 6.45) is 0.200. The lowest BCUT2D eigenvalue weighted by Gasteiger charge is -2.35. The van der Waals surface area contributed by atoms with Crippen molar-refractivity contribution in [3.63, 3.8) is 0 Å². The molecule has 0 spiro atoms. The molecule has 10 nitrogen and oxygen atoms in total. The maximum atomic E-state index is 14.3. The summed E-state index contributed by atoms with van der Waals surface area (Å²) >= 11 is 0. The molecule has 3 unspecified atom stereocenters. The number of phenols is 1. The number of nitrogens with one attached hydrogen (secondary N) is 2. The predicted molar refractivity (Wildman–Crippen MR) is 173 cm³/mol. The quantitative estimate of drug-likeness (QED) is 0.244. The molecule has 2 aromatic rings. The summed E-state index contributed by atoms with van der Waals surface area (Å²) in [6.45, 7) is 16.3. The molecular weight excluding hydrogens is 574 g/mol. The second kappa shape index (κ2) is 16.3. The minimum atomic E-state index is -1.24. The van der Waals surface area contributed by atoms with E-state index < -0.39 is 53.2 Å². The van der Waals surface area contributed by atoms with Gasteiger partial charge in [-0.15, -0.1) is 0 Å². The van der Waals surface area contributed by atoms with E-state index in [2.05, 4.69) is 10.6 Å². The monoisotopic (exact) mass is 625 g/mol. The van der Waals surface area contributed by atoms with Crippen molar-refractivity contribution in [3.05, 3.63) is 65.7 Å². The first-order valence-electron chi connectivity index (χ1n) is 15.6. The molecule has 0 radical (unpaired) electrons. The fraction of sp³-hybridized carbons (Fsp3) is 0.543. The number of amides is 3. The normalized spacial score (nSPS) is 13.7. The molecule has 248 valence electrons. The topological polar surface area (TPSA) is 134 Å². The molecule has 0 saturated carbocycles. The molecular formula is C35H51N3O7. The Morgan fingerprint density at radius 1 is 0.844 bits per heavy atom. The molecule has 2 rings (SSSR count). The molecule has 0 aliphatic rings. The largest absolute Gasteiger partial charge is 0.508 e. The van der Waals surface area contributed by atoms with Gasteiger partial charge in [-0.1, -0.05) is 63.2 Å². The van der Waals surface area contributed by atoms with Gasteiger partial charge in [0.25, 0.3) is 0 Å². The van der Waals surface area contributed by atoms with Gasteiger partial charge in [0, 0.05) is 13.0 Å². The summed E-state index contributed by atoms with van der Waals surface area (Å²) in [5.41, 5.74) is -0.429. The minimum Gasteiger partial charge on any atom is -0.508 e. The Morgan fingerprint density at radius 3 is 2.00 bits per heavy atom. The van der Waals surface area contributed by atoms with Gasteiger partial charge in [0.15, 0.2) is 0 Å². The Kier molecular flexibility index (Phi) is 13.4. The van der Waals surface area contributed by atoms with E-state index in [4.69, 9.17) is 9.47 Å². The van der Waals surface area contributed by atoms with E-state index in [-0.39, 0.29) is 24.6 Å². The van der Waals surface area contributed by atoms with Crippen molar-refractivity contribution in [2.75, 3.05) is 6.54 Å². The van der Waals surface area contributed by atoms with E-state index >= 15 is 0 Å². The van der Waals surface area contributed by atoms with Crippen molar-refractivity contribution in [1.29, 1.82) is 0 Å². The maximum Gasteiger partial charge on any atom is 0.408 e. The summed E-state index contributed by atoms with van der Waals surface area (Å²) < 4.78 is 11.1. The summed E-state index contributed by atoms with van der Waals surface area (Å²) in [5, 5.41) is 15.9. The van der Waals surface area contributed by atoms with Crippen LogP contribution < -0.4 is 10.6 Å². The van der Waals surface area contributed by atoms with Crippen LogP contribution in [-0.4, -0.2) is 63.7 Å². The van der Waals surface area contributed by atoms with Crippen LogP contribution in [0.2, 0.25) is 0 Å². The summed E-state index contributed by atoms with van der Waals surface area (Å²) in [4.78, 5) is 56.2. The average Bonchev–Trinajstić information content (AvgIpc) is 2.90. The van der Waals surface area contributed by atoms with Gasteiger partial charge in [-0.2, -0.15) is 0 Å². The number of aromatic hydroxyl groups is 1. The van der Waals surface area contributed by atoms with Crippen LogP contribution in [0.3, 0.4) is 0 Å². The van der Waals surface area contributed by atoms with Gasteiger partial charge < -0.3 is 30.1 Å². The standard InChI is InChI=1S/C35H51N3O7/c1-10-19-38(31(41)27(20-23(2)3)37-33(43)45-35(7,8)9)29(25-17-14-18-26(39)22-25)30(40)36-28(32(42)44-34(4,5)6)21-24-15-12-11-13-16-24/h11-18,22-23,27-29,39H,10,19-21H2,1-9H3,(H,36,40)(H,37,43). The van der Waals surface area contributed by atoms with Crippen LogP contribution in [0.4, 0.5) is 4.79 Å². The molecule has 0 fully saturated rings. The first kappa shape index (κ1) is 37.1. The van der Waals surface area contributed by atoms with Crippen LogP contribution in [0, 0.1) is 5.92 Å². The lowest BCUT2D eigenvalue weighted by molar-refractivity contribution is -0.159. The molecule has 0 heterocycles. The zero-order chi connectivity index (χ0) is 33.9. The second-order valence-electron chi connectivity index (χ2n) is 13.6. The van der Waals surface area contributed by atoms with Crippen LogP contribution in [0.1, 0.15) is 92.3 Å². The number of rotatable bonds is 13. The van der Waals surface area contributed by atoms with Gasteiger partial charge in [-0.05, 0) is 83.6 Å². The molecule has 2 aromatic carbocycles. The second-order valence-corrected chi connectivity index (χ2v) is 13.6. The van der Waals surface area contributed by atoms with E-state index in [9.17, 15) is 24.3 Å². The number of esters is 1. The smallest absolute Gasteiger partial charge is 0.408 e. The number of hydrogen-bond donors (Lipinski definition) is 3. The fourth-order valence-electron chi connectivity index (χ4n) is 4.78. The fourth-order valence-corrected chi connectivity index (χ4v) is 4.78. The lowest BCUT2D eigenvalue weighted by Crippen LogP contribution is -2.55. The molecule has 45 heavy (non-hydrogen) atoms. The van der Waals surface area contributed by atoms with Crippen LogP contribution in [0.15, 0.2) is 54.6 Å². The minimum absolute atomic E-state index is 0.0211. The van der Waals surface area contributed by atoms with E-state index in [1.807, 2.05) is 51.1 Å². The zero-order valence-electron chi connectivity index (χ0n) is 28.2. The van der Waals surface area contributed by atoms with Gasteiger partial charge in [-0.25, -0.2) is 9.59 Å². The van der Waals surface area contributed by atoms with Crippen molar-refractivity contribution < 1.29 is 33.8 Å². The van der Waals surface area contributed by atoms with Crippen molar-refractivity contribution in [1.82, 2.24) is 15.5 Å². The van der Waals surface area contributed by atoms with E-state index in [0.717, 1.165) is 5.56 Å². The van der Waals surface area contributed by atoms with Gasteiger partial charge >= 0.3 is 12.1 Å². The highest BCUT2D eigenvalue weighted by molar-refractivity contribution is 5.94. The number of phenolic OH excluding ortho intramolecular Hbond substituents is 1. The number of carbonyl (C=O) groups is 4.